The van der Waals surface area contributed by atoms with Crippen molar-refractivity contribution >= 4 is 23.3 Å². The molecule has 0 aliphatic rings. The maximum Gasteiger partial charge on any atom is 0.183 e. The van der Waals surface area contributed by atoms with E-state index in [9.17, 15) is 0 Å². The molecule has 0 spiro atoms. The lowest BCUT2D eigenvalue weighted by Crippen LogP contribution is -1.89. The van der Waals surface area contributed by atoms with E-state index in [0.29, 0.717) is 5.05 Å². The molecule has 0 aliphatic heterocycles. The second kappa shape index (κ2) is 4.67. The maximum absolute atomic E-state index is 4.85. The number of rotatable bonds is 2. The van der Waals surface area contributed by atoms with Gasteiger partial charge in [-0.2, -0.15) is 0 Å². The number of ether oxygens (including phenoxy) is 1. The molecule has 0 aromatic heterocycles. The van der Waals surface area contributed by atoms with Gasteiger partial charge in [-0.3, -0.25) is 0 Å². The Morgan fingerprint density at radius 2 is 2.00 bits per heavy atom. The molecule has 0 fully saturated rings. The summed E-state index contributed by atoms with van der Waals surface area (Å²) >= 11 is 4.85. The van der Waals surface area contributed by atoms with Crippen molar-refractivity contribution in [3.63, 3.8) is 0 Å². The third-order valence-corrected chi connectivity index (χ3v) is 1.72. The van der Waals surface area contributed by atoms with Crippen molar-refractivity contribution in [1.82, 2.24) is 0 Å². The Labute approximate surface area is 77.7 Å². The second-order valence-corrected chi connectivity index (χ2v) is 2.67. The van der Waals surface area contributed by atoms with Gasteiger partial charge >= 0.3 is 0 Å². The lowest BCUT2D eigenvalue weighted by Gasteiger charge is -1.93. The van der Waals surface area contributed by atoms with E-state index < -0.39 is 0 Å². The van der Waals surface area contributed by atoms with E-state index in [1.54, 1.807) is 13.2 Å². The molecular formula is C10H10OS. The number of thiocarbonyl (C=S) groups is 1. The summed E-state index contributed by atoms with van der Waals surface area (Å²) in [6, 6.07) is 9.96. The van der Waals surface area contributed by atoms with E-state index in [-0.39, 0.29) is 0 Å². The van der Waals surface area contributed by atoms with Crippen LogP contribution in [0.4, 0.5) is 0 Å². The van der Waals surface area contributed by atoms with Crippen LogP contribution in [0.25, 0.3) is 6.08 Å². The van der Waals surface area contributed by atoms with Gasteiger partial charge in [0.05, 0.1) is 7.11 Å². The largest absolute Gasteiger partial charge is 0.487 e. The van der Waals surface area contributed by atoms with Gasteiger partial charge in [0.15, 0.2) is 5.05 Å². The van der Waals surface area contributed by atoms with E-state index in [0.717, 1.165) is 5.56 Å². The van der Waals surface area contributed by atoms with Crippen LogP contribution < -0.4 is 0 Å². The van der Waals surface area contributed by atoms with Crippen LogP contribution in [0.5, 0.6) is 0 Å². The van der Waals surface area contributed by atoms with E-state index in [1.807, 2.05) is 36.4 Å². The first-order chi connectivity index (χ1) is 5.83. The fourth-order valence-electron chi connectivity index (χ4n) is 0.796. The highest BCUT2D eigenvalue weighted by atomic mass is 32.1. The van der Waals surface area contributed by atoms with Crippen molar-refractivity contribution in [2.75, 3.05) is 7.11 Å². The Bertz CT molecular complexity index is 277. The maximum atomic E-state index is 4.85. The topological polar surface area (TPSA) is 9.23 Å². The molecule has 0 radical (unpaired) electrons. The molecule has 1 rings (SSSR count). The average molecular weight is 178 g/mol. The molecule has 0 heterocycles. The van der Waals surface area contributed by atoms with E-state index in [4.69, 9.17) is 17.0 Å². The Morgan fingerprint density at radius 1 is 1.33 bits per heavy atom. The van der Waals surface area contributed by atoms with Gasteiger partial charge in [0.25, 0.3) is 0 Å². The Morgan fingerprint density at radius 3 is 2.58 bits per heavy atom. The number of methoxy groups -OCH3 is 1. The Balaban J connectivity index is 2.64. The highest BCUT2D eigenvalue weighted by Crippen LogP contribution is 2.01. The molecular weight excluding hydrogens is 168 g/mol. The average Bonchev–Trinajstić information content (AvgIpc) is 2.16. The Hall–Kier alpha value is -1.15. The van der Waals surface area contributed by atoms with Crippen LogP contribution >= 0.6 is 12.2 Å². The second-order valence-electron chi connectivity index (χ2n) is 2.27. The predicted octanol–water partition coefficient (Wildman–Crippen LogP) is 2.67. The van der Waals surface area contributed by atoms with Gasteiger partial charge in [-0.05, 0) is 23.9 Å². The summed E-state index contributed by atoms with van der Waals surface area (Å²) in [5, 5.41) is 0.499. The standard InChI is InChI=1S/C10H10OS/c1-11-10(12)8-7-9-5-3-2-4-6-9/h2-8H,1H3. The van der Waals surface area contributed by atoms with Crippen LogP contribution in [0.1, 0.15) is 5.56 Å². The van der Waals surface area contributed by atoms with Crippen LogP contribution in [-0.2, 0) is 4.74 Å². The van der Waals surface area contributed by atoms with Crippen LogP contribution in [0, 0.1) is 0 Å². The minimum atomic E-state index is 0.499. The van der Waals surface area contributed by atoms with Crippen molar-refractivity contribution in [3.8, 4) is 0 Å². The molecule has 62 valence electrons. The summed E-state index contributed by atoms with van der Waals surface area (Å²) in [5.74, 6) is 0. The van der Waals surface area contributed by atoms with Crippen molar-refractivity contribution in [2.45, 2.75) is 0 Å². The molecule has 0 saturated heterocycles. The minimum absolute atomic E-state index is 0.499. The SMILES string of the molecule is COC(=S)C=Cc1ccccc1. The zero-order valence-corrected chi connectivity index (χ0v) is 7.67. The quantitative estimate of drug-likeness (QED) is 0.508. The minimum Gasteiger partial charge on any atom is -0.487 e. The number of benzene rings is 1. The van der Waals surface area contributed by atoms with E-state index in [1.165, 1.54) is 0 Å². The third kappa shape index (κ3) is 2.84. The molecule has 0 atom stereocenters. The first-order valence-electron chi connectivity index (χ1n) is 3.64. The van der Waals surface area contributed by atoms with Gasteiger partial charge in [-0.15, -0.1) is 0 Å². The van der Waals surface area contributed by atoms with Gasteiger partial charge < -0.3 is 4.74 Å². The molecule has 1 aromatic rings. The zero-order valence-electron chi connectivity index (χ0n) is 6.86. The molecule has 0 unspecified atom stereocenters. The fourth-order valence-corrected chi connectivity index (χ4v) is 0.864. The normalized spacial score (nSPS) is 10.1. The van der Waals surface area contributed by atoms with Crippen molar-refractivity contribution in [1.29, 1.82) is 0 Å². The van der Waals surface area contributed by atoms with Crippen molar-refractivity contribution < 1.29 is 4.74 Å². The van der Waals surface area contributed by atoms with Crippen molar-refractivity contribution in [2.24, 2.45) is 0 Å². The van der Waals surface area contributed by atoms with Gasteiger partial charge in [0.1, 0.15) is 0 Å². The lowest BCUT2D eigenvalue weighted by atomic mass is 10.2. The smallest absolute Gasteiger partial charge is 0.183 e. The summed E-state index contributed by atoms with van der Waals surface area (Å²) in [4.78, 5) is 0. The van der Waals surface area contributed by atoms with Crippen LogP contribution in [-0.4, -0.2) is 12.2 Å². The summed E-state index contributed by atoms with van der Waals surface area (Å²) in [5.41, 5.74) is 1.12. The molecule has 0 saturated carbocycles. The van der Waals surface area contributed by atoms with Gasteiger partial charge in [-0.1, -0.05) is 36.4 Å². The summed E-state index contributed by atoms with van der Waals surface area (Å²) in [6.45, 7) is 0. The van der Waals surface area contributed by atoms with E-state index >= 15 is 0 Å². The molecule has 1 nitrogen and oxygen atoms in total. The molecule has 0 N–H and O–H groups in total. The van der Waals surface area contributed by atoms with E-state index in [2.05, 4.69) is 0 Å². The highest BCUT2D eigenvalue weighted by molar-refractivity contribution is 7.80. The first-order valence-corrected chi connectivity index (χ1v) is 4.05. The predicted molar refractivity (Wildman–Crippen MR) is 55.1 cm³/mol. The summed E-state index contributed by atoms with van der Waals surface area (Å²) in [7, 11) is 1.57. The lowest BCUT2D eigenvalue weighted by molar-refractivity contribution is 0.418. The van der Waals surface area contributed by atoms with Crippen molar-refractivity contribution in [3.05, 3.63) is 42.0 Å². The first kappa shape index (κ1) is 8.94. The van der Waals surface area contributed by atoms with Gasteiger partial charge in [0, 0.05) is 0 Å². The monoisotopic (exact) mass is 178 g/mol. The highest BCUT2D eigenvalue weighted by Gasteiger charge is 1.85. The van der Waals surface area contributed by atoms with Crippen LogP contribution in [0.3, 0.4) is 0 Å². The number of hydrogen-bond donors (Lipinski definition) is 0. The Kier molecular flexibility index (Phi) is 3.48. The van der Waals surface area contributed by atoms with Crippen LogP contribution in [0.2, 0.25) is 0 Å². The third-order valence-electron chi connectivity index (χ3n) is 1.41. The number of hydrogen-bond acceptors (Lipinski definition) is 2. The van der Waals surface area contributed by atoms with Gasteiger partial charge in [-0.25, -0.2) is 0 Å². The van der Waals surface area contributed by atoms with Crippen LogP contribution in [0.15, 0.2) is 36.4 Å². The molecule has 0 amide bonds. The molecule has 1 aromatic carbocycles. The molecule has 0 aliphatic carbocycles. The zero-order chi connectivity index (χ0) is 8.81. The van der Waals surface area contributed by atoms with Gasteiger partial charge in [0.2, 0.25) is 0 Å². The fraction of sp³-hybridized carbons (Fsp3) is 0.100. The summed E-state index contributed by atoms with van der Waals surface area (Å²) < 4.78 is 4.82. The molecule has 0 bridgehead atoms. The molecule has 12 heavy (non-hydrogen) atoms. The summed E-state index contributed by atoms with van der Waals surface area (Å²) in [6.07, 6.45) is 3.69. The molecule has 2 heteroatoms.